The van der Waals surface area contributed by atoms with Crippen molar-refractivity contribution in [3.8, 4) is 0 Å². The first-order chi connectivity index (χ1) is 0. The van der Waals surface area contributed by atoms with Gasteiger partial charge in [-0.2, -0.15) is 0 Å². The molecule has 0 fully saturated rings. The van der Waals surface area contributed by atoms with E-state index in [1.807, 2.05) is 0 Å². The number of hydrogen-bond donors (Lipinski definition) is 0. The van der Waals surface area contributed by atoms with Crippen LogP contribution in [-0.2, 0) is 54.6 Å². The minimum Gasteiger partial charge on any atom is -2.00 e. The van der Waals surface area contributed by atoms with Gasteiger partial charge in [0.05, 0.1) is 0 Å². The van der Waals surface area contributed by atoms with E-state index in [4.69, 9.17) is 0 Å². The molecule has 0 N–H and O–H groups in total. The molecule has 0 aromatic heterocycles. The van der Waals surface area contributed by atoms with E-state index >= 15 is 0 Å². The van der Waals surface area contributed by atoms with E-state index < -0.39 is 0 Å². The second kappa shape index (κ2) is 43.3. The van der Waals surface area contributed by atoms with E-state index in [1.54, 1.807) is 0 Å². The van der Waals surface area contributed by atoms with Crippen molar-refractivity contribution < 1.29 is 54.6 Å². The molecule has 0 aliphatic carbocycles. The monoisotopic (exact) mass is 697 g/mol. The Labute approximate surface area is 154 Å². The van der Waals surface area contributed by atoms with Crippen LogP contribution in [0.25, 0.3) is 0 Å². The standard InChI is InChI=1S/2Cd.2In.3Se/q;;2*+3;3*-2. The summed E-state index contributed by atoms with van der Waals surface area (Å²) in [6.07, 6.45) is 0. The van der Waals surface area contributed by atoms with E-state index in [1.165, 1.54) is 0 Å². The van der Waals surface area contributed by atoms with E-state index in [0.717, 1.165) is 0 Å². The molecule has 0 heterocycles. The molecule has 0 unspecified atom stereocenters. The van der Waals surface area contributed by atoms with E-state index in [0.29, 0.717) is 0 Å². The normalized spacial score (nSPS) is 0. The molecular formula is Cd2In2Se3. The zero-order valence-electron chi connectivity index (χ0n) is 3.79. The van der Waals surface area contributed by atoms with Crippen LogP contribution in [0.5, 0.6) is 0 Å². The Balaban J connectivity index is 0. The SMILES string of the molecule is [Cd].[Cd].[In+3].[In+3].[Se-2].[Se-2].[Se-2]. The van der Waals surface area contributed by atoms with Gasteiger partial charge >= 0.3 is 51.7 Å². The van der Waals surface area contributed by atoms with Gasteiger partial charge < -0.3 is 51.2 Å². The van der Waals surface area contributed by atoms with Crippen LogP contribution in [0.1, 0.15) is 0 Å². The summed E-state index contributed by atoms with van der Waals surface area (Å²) in [7, 11) is 0. The fraction of sp³-hybridized carbons (Fsp3) is 0. The summed E-state index contributed by atoms with van der Waals surface area (Å²) in [6, 6.07) is 0. The van der Waals surface area contributed by atoms with Crippen molar-refractivity contribution >= 4 is 103 Å². The van der Waals surface area contributed by atoms with Gasteiger partial charge in [0.15, 0.2) is 0 Å². The fourth-order valence-electron chi connectivity index (χ4n) is 0. The van der Waals surface area contributed by atoms with E-state index in [2.05, 4.69) is 0 Å². The van der Waals surface area contributed by atoms with Crippen LogP contribution in [0.15, 0.2) is 0 Å². The first kappa shape index (κ1) is 57.0. The molecule has 0 rings (SSSR count). The summed E-state index contributed by atoms with van der Waals surface area (Å²) < 4.78 is 0. The summed E-state index contributed by atoms with van der Waals surface area (Å²) in [5.74, 6) is 0. The molecule has 0 aromatic rings. The smallest absolute Gasteiger partial charge is 2.00 e. The van der Waals surface area contributed by atoms with Crippen LogP contribution in [-0.4, -0.2) is 103 Å². The van der Waals surface area contributed by atoms with Gasteiger partial charge in [-0.15, -0.1) is 0 Å². The van der Waals surface area contributed by atoms with Crippen LogP contribution >= 0.6 is 0 Å². The van der Waals surface area contributed by atoms with Crippen molar-refractivity contribution in [3.05, 3.63) is 0 Å². The van der Waals surface area contributed by atoms with E-state index in [9.17, 15) is 0 Å². The average molecular weight is 691 g/mol. The molecule has 0 aliphatic heterocycles. The second-order valence-electron chi connectivity index (χ2n) is 0. The number of rotatable bonds is 0. The van der Waals surface area contributed by atoms with Crippen molar-refractivity contribution in [1.29, 1.82) is 0 Å². The molecule has 28 valence electrons. The quantitative estimate of drug-likeness (QED) is 0.261. The molecule has 0 nitrogen and oxygen atoms in total. The Morgan fingerprint density at radius 2 is 0.429 bits per heavy atom. The van der Waals surface area contributed by atoms with Gasteiger partial charge in [0, 0.05) is 54.6 Å². The summed E-state index contributed by atoms with van der Waals surface area (Å²) in [6.45, 7) is 0. The zero-order valence-corrected chi connectivity index (χ0v) is 23.6. The molecule has 0 atom stereocenters. The summed E-state index contributed by atoms with van der Waals surface area (Å²) in [5, 5.41) is 0. The van der Waals surface area contributed by atoms with Gasteiger partial charge in [0.25, 0.3) is 0 Å². The molecule has 0 saturated heterocycles. The third-order valence-corrected chi connectivity index (χ3v) is 0. The van der Waals surface area contributed by atoms with Gasteiger partial charge in [-0.25, -0.2) is 0 Å². The van der Waals surface area contributed by atoms with Gasteiger partial charge in [0.1, 0.15) is 0 Å². The Morgan fingerprint density at radius 3 is 0.429 bits per heavy atom. The Kier molecular flexibility index (Phi) is 353. The molecule has 0 spiro atoms. The van der Waals surface area contributed by atoms with Crippen molar-refractivity contribution in [2.24, 2.45) is 0 Å². The van der Waals surface area contributed by atoms with E-state index in [-0.39, 0.29) is 157 Å². The largest absolute Gasteiger partial charge is 3.00 e. The average Bonchev–Trinajstić information content (AvgIpc) is 0. The van der Waals surface area contributed by atoms with Gasteiger partial charge in [-0.05, 0) is 0 Å². The molecule has 7 heavy (non-hydrogen) atoms. The predicted molar refractivity (Wildman–Crippen MR) is 28.8 cm³/mol. The fourth-order valence-corrected chi connectivity index (χ4v) is 0. The molecule has 0 amide bonds. The maximum Gasteiger partial charge on any atom is 3.00 e. The second-order valence-corrected chi connectivity index (χ2v) is 0. The molecule has 0 radical (unpaired) electrons. The van der Waals surface area contributed by atoms with Gasteiger partial charge in [0.2, 0.25) is 0 Å². The minimum atomic E-state index is 0. The van der Waals surface area contributed by atoms with Gasteiger partial charge in [-0.3, -0.25) is 0 Å². The molecular weight excluding hydrogens is 691 g/mol. The third kappa shape index (κ3) is 35.2. The molecule has 0 aromatic carbocycles. The molecule has 0 aliphatic rings. The zero-order chi connectivity index (χ0) is 0. The van der Waals surface area contributed by atoms with Crippen molar-refractivity contribution in [1.82, 2.24) is 0 Å². The number of hydrogen-bond acceptors (Lipinski definition) is 0. The van der Waals surface area contributed by atoms with Crippen LogP contribution < -0.4 is 0 Å². The molecule has 0 saturated carbocycles. The minimum absolute atomic E-state index is 0. The van der Waals surface area contributed by atoms with Crippen molar-refractivity contribution in [3.63, 3.8) is 0 Å². The predicted octanol–water partition coefficient (Wildman–Crippen LogP) is -1.91. The summed E-state index contributed by atoms with van der Waals surface area (Å²) in [5.41, 5.74) is 0. The van der Waals surface area contributed by atoms with Crippen LogP contribution in [0, 0.1) is 0 Å². The Morgan fingerprint density at radius 1 is 0.429 bits per heavy atom. The summed E-state index contributed by atoms with van der Waals surface area (Å²) in [4.78, 5) is 0. The first-order valence-electron chi connectivity index (χ1n) is 0. The summed E-state index contributed by atoms with van der Waals surface area (Å²) >= 11 is 0. The molecule has 0 bridgehead atoms. The Bertz CT molecular complexity index is 10.9. The van der Waals surface area contributed by atoms with Crippen LogP contribution in [0.2, 0.25) is 0 Å². The van der Waals surface area contributed by atoms with Crippen LogP contribution in [0.4, 0.5) is 0 Å². The third-order valence-electron chi connectivity index (χ3n) is 0. The van der Waals surface area contributed by atoms with Gasteiger partial charge in [-0.1, -0.05) is 0 Å². The van der Waals surface area contributed by atoms with Crippen LogP contribution in [0.3, 0.4) is 0 Å². The first-order valence-corrected chi connectivity index (χ1v) is 0. The topological polar surface area (TPSA) is 0 Å². The van der Waals surface area contributed by atoms with Crippen molar-refractivity contribution in [2.75, 3.05) is 0 Å². The maximum atomic E-state index is 0. The maximum absolute atomic E-state index is 0. The van der Waals surface area contributed by atoms with Crippen molar-refractivity contribution in [2.45, 2.75) is 0 Å². The molecule has 7 heteroatoms. The Hall–Kier alpha value is 5.14.